The number of hydrogen-bond acceptors (Lipinski definition) is 6. The number of nitrogens with one attached hydrogen (secondary N) is 2. The Morgan fingerprint density at radius 1 is 1.39 bits per heavy atom. The van der Waals surface area contributed by atoms with Crippen molar-refractivity contribution in [1.29, 1.82) is 0 Å². The number of rotatable bonds is 6. The number of thiazole rings is 1. The number of nitrogens with two attached hydrogens (primary N) is 1. The Balaban J connectivity index is 1.51. The van der Waals surface area contributed by atoms with E-state index >= 15 is 0 Å². The highest BCUT2D eigenvalue weighted by Crippen LogP contribution is 2.34. The summed E-state index contributed by atoms with van der Waals surface area (Å²) >= 11 is 2.77. The van der Waals surface area contributed by atoms with Gasteiger partial charge in [0.05, 0.1) is 15.7 Å². The van der Waals surface area contributed by atoms with Crippen LogP contribution in [0.5, 0.6) is 0 Å². The number of nitrogens with zero attached hydrogens (tertiary/aromatic N) is 1. The van der Waals surface area contributed by atoms with E-state index in [0.717, 1.165) is 22.7 Å². The highest BCUT2D eigenvalue weighted by molar-refractivity contribution is 8.01. The van der Waals surface area contributed by atoms with Crippen LogP contribution in [0.15, 0.2) is 4.21 Å². The molecule has 2 amide bonds. The Labute approximate surface area is 144 Å². The third kappa shape index (κ3) is 4.45. The Hall–Kier alpha value is -1.12. The number of thioether (sulfide) groups is 1. The Kier molecular flexibility index (Phi) is 5.23. The highest BCUT2D eigenvalue weighted by Gasteiger charge is 2.34. The molecule has 2 fully saturated rings. The topological polar surface area (TPSA) is 97.1 Å². The van der Waals surface area contributed by atoms with Gasteiger partial charge in [-0.25, -0.2) is 4.98 Å². The minimum Gasteiger partial charge on any atom is -0.369 e. The number of carbonyl (C=O) groups is 2. The van der Waals surface area contributed by atoms with Crippen LogP contribution in [0.2, 0.25) is 0 Å². The summed E-state index contributed by atoms with van der Waals surface area (Å²) in [5, 5.41) is 7.11. The summed E-state index contributed by atoms with van der Waals surface area (Å²) in [5.41, 5.74) is 5.99. The van der Waals surface area contributed by atoms with Crippen LogP contribution >= 0.6 is 23.1 Å². The van der Waals surface area contributed by atoms with E-state index in [-0.39, 0.29) is 17.6 Å². The average molecular weight is 355 g/mol. The smallest absolute Gasteiger partial charge is 0.227 e. The molecule has 2 atom stereocenters. The van der Waals surface area contributed by atoms with Gasteiger partial charge in [0.25, 0.3) is 0 Å². The lowest BCUT2D eigenvalue weighted by Gasteiger charge is -2.28. The molecule has 6 nitrogen and oxygen atoms in total. The first-order valence-corrected chi connectivity index (χ1v) is 9.74. The van der Waals surface area contributed by atoms with E-state index in [1.54, 1.807) is 0 Å². The summed E-state index contributed by atoms with van der Waals surface area (Å²) in [6, 6.07) is 1.20. The van der Waals surface area contributed by atoms with E-state index < -0.39 is 0 Å². The first-order chi connectivity index (χ1) is 11.0. The molecule has 126 valence electrons. The second-order valence-corrected chi connectivity index (χ2v) is 8.62. The molecule has 0 radical (unpaired) electrons. The molecule has 0 spiro atoms. The predicted octanol–water partition coefficient (Wildman–Crippen LogP) is 1.89. The predicted molar refractivity (Wildman–Crippen MR) is 92.7 cm³/mol. The van der Waals surface area contributed by atoms with Crippen molar-refractivity contribution in [2.24, 2.45) is 11.7 Å². The average Bonchev–Trinajstić information content (AvgIpc) is 2.98. The molecular weight excluding hydrogens is 332 g/mol. The van der Waals surface area contributed by atoms with E-state index in [0.29, 0.717) is 29.6 Å². The molecule has 2 aliphatic rings. The quantitative estimate of drug-likeness (QED) is 0.678. The number of hydrogen-bond donors (Lipinski definition) is 3. The van der Waals surface area contributed by atoms with Crippen LogP contribution in [0.3, 0.4) is 0 Å². The number of primary amides is 1. The third-order valence-corrected chi connectivity index (χ3v) is 6.85. The Bertz CT molecular complexity index is 592. The van der Waals surface area contributed by atoms with Crippen LogP contribution in [0, 0.1) is 12.8 Å². The summed E-state index contributed by atoms with van der Waals surface area (Å²) in [5.74, 6) is 0.387. The van der Waals surface area contributed by atoms with Crippen molar-refractivity contribution < 1.29 is 9.59 Å². The van der Waals surface area contributed by atoms with Gasteiger partial charge in [-0.3, -0.25) is 9.59 Å². The fraction of sp³-hybridized carbons (Fsp3) is 0.667. The number of piperidine rings is 1. The van der Waals surface area contributed by atoms with Crippen molar-refractivity contribution in [3.63, 3.8) is 0 Å². The molecule has 1 aromatic heterocycles. The van der Waals surface area contributed by atoms with Gasteiger partial charge in [0.15, 0.2) is 5.13 Å². The molecule has 1 aromatic rings. The molecule has 0 saturated carbocycles. The summed E-state index contributed by atoms with van der Waals surface area (Å²) in [4.78, 5) is 27.5. The summed E-state index contributed by atoms with van der Waals surface area (Å²) < 4.78 is 0.930. The molecule has 2 bridgehead atoms. The summed E-state index contributed by atoms with van der Waals surface area (Å²) in [6.45, 7) is 1.87. The lowest BCUT2D eigenvalue weighted by atomic mass is 9.89. The molecule has 2 unspecified atom stereocenters. The van der Waals surface area contributed by atoms with Gasteiger partial charge in [-0.05, 0) is 38.5 Å². The van der Waals surface area contributed by atoms with Gasteiger partial charge in [-0.1, -0.05) is 11.3 Å². The van der Waals surface area contributed by atoms with Crippen LogP contribution in [0.25, 0.3) is 0 Å². The summed E-state index contributed by atoms with van der Waals surface area (Å²) in [7, 11) is 0. The van der Waals surface area contributed by atoms with Gasteiger partial charge >= 0.3 is 0 Å². The van der Waals surface area contributed by atoms with Crippen molar-refractivity contribution in [2.45, 2.75) is 55.3 Å². The van der Waals surface area contributed by atoms with E-state index in [1.165, 1.54) is 35.9 Å². The van der Waals surface area contributed by atoms with Gasteiger partial charge in [-0.15, -0.1) is 11.8 Å². The van der Waals surface area contributed by atoms with Crippen molar-refractivity contribution in [1.82, 2.24) is 10.3 Å². The number of aromatic nitrogens is 1. The minimum absolute atomic E-state index is 0.0384. The second kappa shape index (κ2) is 7.19. The maximum absolute atomic E-state index is 12.3. The van der Waals surface area contributed by atoms with Crippen LogP contribution < -0.4 is 16.4 Å². The van der Waals surface area contributed by atoms with E-state index in [4.69, 9.17) is 5.73 Å². The van der Waals surface area contributed by atoms with E-state index in [9.17, 15) is 9.59 Å². The van der Waals surface area contributed by atoms with Crippen molar-refractivity contribution >= 4 is 40.0 Å². The molecule has 3 heterocycles. The van der Waals surface area contributed by atoms with Crippen molar-refractivity contribution in [3.05, 3.63) is 5.69 Å². The molecule has 0 aliphatic carbocycles. The normalized spacial score (nSPS) is 26.2. The molecule has 8 heteroatoms. The molecule has 3 rings (SSSR count). The highest BCUT2D eigenvalue weighted by atomic mass is 32.2. The zero-order valence-corrected chi connectivity index (χ0v) is 14.8. The number of fused-ring (bicyclic) bond motifs is 2. The third-order valence-electron chi connectivity index (χ3n) is 4.39. The fourth-order valence-electron chi connectivity index (χ4n) is 3.48. The lowest BCUT2D eigenvalue weighted by molar-refractivity contribution is -0.117. The van der Waals surface area contributed by atoms with Gasteiger partial charge < -0.3 is 16.4 Å². The molecule has 23 heavy (non-hydrogen) atoms. The monoisotopic (exact) mass is 354 g/mol. The first-order valence-electron chi connectivity index (χ1n) is 7.94. The van der Waals surface area contributed by atoms with Crippen LogP contribution in [-0.2, 0) is 9.59 Å². The molecule has 2 saturated heterocycles. The van der Waals surface area contributed by atoms with E-state index in [1.807, 2.05) is 6.92 Å². The minimum atomic E-state index is -0.353. The molecule has 2 aliphatic heterocycles. The van der Waals surface area contributed by atoms with Crippen molar-refractivity contribution in [2.75, 3.05) is 11.1 Å². The summed E-state index contributed by atoms with van der Waals surface area (Å²) in [6.07, 6.45) is 5.25. The molecular formula is C15H22N4O2S2. The van der Waals surface area contributed by atoms with Crippen molar-refractivity contribution in [3.8, 4) is 0 Å². The lowest BCUT2D eigenvalue weighted by Crippen LogP contribution is -2.39. The van der Waals surface area contributed by atoms with Gasteiger partial charge in [0.2, 0.25) is 11.8 Å². The molecule has 0 aromatic carbocycles. The maximum Gasteiger partial charge on any atom is 0.227 e. The van der Waals surface area contributed by atoms with Crippen LogP contribution in [-0.4, -0.2) is 34.6 Å². The van der Waals surface area contributed by atoms with E-state index in [2.05, 4.69) is 15.6 Å². The Morgan fingerprint density at radius 2 is 2.09 bits per heavy atom. The van der Waals surface area contributed by atoms with Gasteiger partial charge in [0, 0.05) is 18.5 Å². The fourth-order valence-corrected chi connectivity index (χ4v) is 5.37. The van der Waals surface area contributed by atoms with Crippen LogP contribution in [0.1, 0.15) is 37.8 Å². The zero-order chi connectivity index (χ0) is 16.4. The zero-order valence-electron chi connectivity index (χ0n) is 13.1. The molecule has 4 N–H and O–H groups in total. The number of aryl methyl sites for hydroxylation is 1. The Morgan fingerprint density at radius 3 is 2.74 bits per heavy atom. The SMILES string of the molecule is Cc1nc(NC(=O)CC2CC3CCC(C2)N3)sc1SCC(N)=O. The maximum atomic E-state index is 12.3. The van der Waals surface area contributed by atoms with Gasteiger partial charge in [-0.2, -0.15) is 0 Å². The first kappa shape index (κ1) is 16.7. The number of anilines is 1. The standard InChI is InChI=1S/C15H22N4O2S2/c1-8-14(22-7-12(16)20)23-15(17-8)19-13(21)6-9-4-10-2-3-11(5-9)18-10/h9-11,18H,2-7H2,1H3,(H2,16,20)(H,17,19,21). The largest absolute Gasteiger partial charge is 0.369 e. The van der Waals surface area contributed by atoms with Gasteiger partial charge in [0.1, 0.15) is 0 Å². The van der Waals surface area contributed by atoms with Crippen LogP contribution in [0.4, 0.5) is 5.13 Å². The number of amides is 2. The second-order valence-electron chi connectivity index (χ2n) is 6.37. The number of carbonyl (C=O) groups excluding carboxylic acids is 2.